The summed E-state index contributed by atoms with van der Waals surface area (Å²) in [5.41, 5.74) is 4.96. The van der Waals surface area contributed by atoms with Crippen LogP contribution in [-0.2, 0) is 25.7 Å². The molecule has 0 saturated carbocycles. The van der Waals surface area contributed by atoms with Gasteiger partial charge in [-0.15, -0.1) is 0 Å². The van der Waals surface area contributed by atoms with Crippen LogP contribution in [0.15, 0.2) is 59.2 Å². The SMILES string of the molecule is O=C(/C=C/c1ccccc1)NCCC(=O)NNC(=O)C(=O)NCc1ccco1. The molecule has 0 aliphatic carbocycles. The second-order valence-corrected chi connectivity index (χ2v) is 5.55. The topological polar surface area (TPSA) is 130 Å². The lowest BCUT2D eigenvalue weighted by atomic mass is 10.2. The first-order chi connectivity index (χ1) is 13.5. The number of rotatable bonds is 7. The van der Waals surface area contributed by atoms with Crippen molar-refractivity contribution >= 4 is 29.7 Å². The van der Waals surface area contributed by atoms with Crippen molar-refractivity contribution in [2.75, 3.05) is 6.54 Å². The fourth-order valence-electron chi connectivity index (χ4n) is 2.00. The highest BCUT2D eigenvalue weighted by Crippen LogP contribution is 2.00. The van der Waals surface area contributed by atoms with E-state index in [1.165, 1.54) is 12.3 Å². The van der Waals surface area contributed by atoms with E-state index in [9.17, 15) is 19.2 Å². The summed E-state index contributed by atoms with van der Waals surface area (Å²) in [6, 6.07) is 12.6. The van der Waals surface area contributed by atoms with Gasteiger partial charge in [-0.2, -0.15) is 0 Å². The lowest BCUT2D eigenvalue weighted by molar-refractivity contribution is -0.141. The van der Waals surface area contributed by atoms with Crippen molar-refractivity contribution in [3.63, 3.8) is 0 Å². The molecule has 0 fully saturated rings. The summed E-state index contributed by atoms with van der Waals surface area (Å²) >= 11 is 0. The van der Waals surface area contributed by atoms with E-state index in [2.05, 4.69) is 16.1 Å². The molecule has 9 heteroatoms. The molecule has 0 atom stereocenters. The Morgan fingerprint density at radius 2 is 1.68 bits per heavy atom. The number of hydrogen-bond acceptors (Lipinski definition) is 5. The Kier molecular flexibility index (Phi) is 8.00. The molecule has 4 N–H and O–H groups in total. The molecule has 0 radical (unpaired) electrons. The van der Waals surface area contributed by atoms with E-state index in [4.69, 9.17) is 4.42 Å². The largest absolute Gasteiger partial charge is 0.467 e. The zero-order valence-electron chi connectivity index (χ0n) is 14.9. The number of hydrazine groups is 1. The van der Waals surface area contributed by atoms with Crippen molar-refractivity contribution in [1.29, 1.82) is 0 Å². The molecule has 0 saturated heterocycles. The smallest absolute Gasteiger partial charge is 0.327 e. The minimum absolute atomic E-state index is 0.0513. The summed E-state index contributed by atoms with van der Waals surface area (Å²) in [4.78, 5) is 46.4. The van der Waals surface area contributed by atoms with Gasteiger partial charge in [-0.1, -0.05) is 30.3 Å². The van der Waals surface area contributed by atoms with Crippen LogP contribution in [0.25, 0.3) is 6.08 Å². The predicted octanol–water partition coefficient (Wildman–Crippen LogP) is 0.263. The van der Waals surface area contributed by atoms with Crippen LogP contribution in [0.3, 0.4) is 0 Å². The fraction of sp³-hybridized carbons (Fsp3) is 0.158. The number of amides is 4. The van der Waals surface area contributed by atoms with E-state index in [0.717, 1.165) is 5.56 Å². The standard InChI is InChI=1S/C19H20N4O5/c24-16(9-8-14-5-2-1-3-6-14)20-11-10-17(25)22-23-19(27)18(26)21-13-15-7-4-12-28-15/h1-9,12H,10-11,13H2,(H,20,24)(H,21,26)(H,22,25)(H,23,27)/b9-8+. The van der Waals surface area contributed by atoms with E-state index < -0.39 is 17.7 Å². The number of furan rings is 1. The Morgan fingerprint density at radius 1 is 0.893 bits per heavy atom. The molecule has 146 valence electrons. The summed E-state index contributed by atoms with van der Waals surface area (Å²) in [6.07, 6.45) is 4.38. The van der Waals surface area contributed by atoms with Gasteiger partial charge < -0.3 is 15.1 Å². The molecule has 2 aromatic rings. The van der Waals surface area contributed by atoms with E-state index in [1.54, 1.807) is 18.2 Å². The van der Waals surface area contributed by atoms with Crippen molar-refractivity contribution in [2.24, 2.45) is 0 Å². The van der Waals surface area contributed by atoms with Crippen molar-refractivity contribution in [3.8, 4) is 0 Å². The Morgan fingerprint density at radius 3 is 2.39 bits per heavy atom. The van der Waals surface area contributed by atoms with Gasteiger partial charge in [-0.25, -0.2) is 0 Å². The summed E-state index contributed by atoms with van der Waals surface area (Å²) in [6.45, 7) is 0.125. The number of nitrogens with one attached hydrogen (secondary N) is 4. The van der Waals surface area contributed by atoms with Gasteiger partial charge in [0.1, 0.15) is 5.76 Å². The third-order valence-corrected chi connectivity index (χ3v) is 3.40. The number of benzene rings is 1. The van der Waals surface area contributed by atoms with Crippen LogP contribution < -0.4 is 21.5 Å². The van der Waals surface area contributed by atoms with E-state index in [-0.39, 0.29) is 25.4 Å². The maximum atomic E-state index is 11.7. The average molecular weight is 384 g/mol. The van der Waals surface area contributed by atoms with E-state index in [0.29, 0.717) is 5.76 Å². The molecular formula is C19H20N4O5. The second kappa shape index (κ2) is 11.0. The van der Waals surface area contributed by atoms with Gasteiger partial charge in [-0.3, -0.25) is 30.0 Å². The summed E-state index contributed by atoms with van der Waals surface area (Å²) < 4.78 is 5.01. The monoisotopic (exact) mass is 384 g/mol. The highest BCUT2D eigenvalue weighted by Gasteiger charge is 2.14. The van der Waals surface area contributed by atoms with Gasteiger partial charge in [0.2, 0.25) is 11.8 Å². The zero-order valence-corrected chi connectivity index (χ0v) is 14.9. The number of carbonyl (C=O) groups is 4. The lowest BCUT2D eigenvalue weighted by Gasteiger charge is -2.07. The molecule has 0 aliphatic rings. The van der Waals surface area contributed by atoms with Crippen molar-refractivity contribution in [1.82, 2.24) is 21.5 Å². The first-order valence-electron chi connectivity index (χ1n) is 8.45. The van der Waals surface area contributed by atoms with Crippen LogP contribution in [0.4, 0.5) is 0 Å². The maximum absolute atomic E-state index is 11.7. The van der Waals surface area contributed by atoms with Crippen molar-refractivity contribution in [3.05, 3.63) is 66.1 Å². The average Bonchev–Trinajstić information content (AvgIpc) is 3.23. The molecule has 0 unspecified atom stereocenters. The summed E-state index contributed by atoms with van der Waals surface area (Å²) in [7, 11) is 0. The molecule has 1 aromatic carbocycles. The van der Waals surface area contributed by atoms with Gasteiger partial charge in [-0.05, 0) is 23.8 Å². The molecule has 2 rings (SSSR count). The van der Waals surface area contributed by atoms with Crippen molar-refractivity contribution in [2.45, 2.75) is 13.0 Å². The predicted molar refractivity (Wildman–Crippen MR) is 99.9 cm³/mol. The molecule has 1 aromatic heterocycles. The lowest BCUT2D eigenvalue weighted by Crippen LogP contribution is -2.48. The van der Waals surface area contributed by atoms with Gasteiger partial charge in [0.05, 0.1) is 12.8 Å². The molecule has 4 amide bonds. The van der Waals surface area contributed by atoms with Crippen LogP contribution in [0, 0.1) is 0 Å². The molecular weight excluding hydrogens is 364 g/mol. The summed E-state index contributed by atoms with van der Waals surface area (Å²) in [5.74, 6) is -2.36. The highest BCUT2D eigenvalue weighted by atomic mass is 16.3. The quantitative estimate of drug-likeness (QED) is 0.309. The molecule has 9 nitrogen and oxygen atoms in total. The van der Waals surface area contributed by atoms with Crippen LogP contribution in [0.2, 0.25) is 0 Å². The Labute approximate surface area is 161 Å². The molecule has 1 heterocycles. The van der Waals surface area contributed by atoms with Crippen LogP contribution >= 0.6 is 0 Å². The third-order valence-electron chi connectivity index (χ3n) is 3.40. The highest BCUT2D eigenvalue weighted by molar-refractivity contribution is 6.35. The molecule has 0 spiro atoms. The van der Waals surface area contributed by atoms with Gasteiger partial charge in [0.25, 0.3) is 0 Å². The normalized spacial score (nSPS) is 10.3. The molecule has 0 aliphatic heterocycles. The number of carbonyl (C=O) groups excluding carboxylic acids is 4. The first-order valence-corrected chi connectivity index (χ1v) is 8.45. The van der Waals surface area contributed by atoms with E-state index in [1.807, 2.05) is 35.8 Å². The van der Waals surface area contributed by atoms with E-state index >= 15 is 0 Å². The van der Waals surface area contributed by atoms with Gasteiger partial charge in [0.15, 0.2) is 0 Å². The Hall–Kier alpha value is -3.88. The minimum atomic E-state index is -1.02. The minimum Gasteiger partial charge on any atom is -0.467 e. The second-order valence-electron chi connectivity index (χ2n) is 5.55. The first kappa shape index (κ1) is 20.4. The fourth-order valence-corrected chi connectivity index (χ4v) is 2.00. The van der Waals surface area contributed by atoms with Gasteiger partial charge >= 0.3 is 11.8 Å². The molecule has 0 bridgehead atoms. The van der Waals surface area contributed by atoms with Gasteiger partial charge in [0, 0.05) is 19.0 Å². The zero-order chi connectivity index (χ0) is 20.2. The third kappa shape index (κ3) is 7.56. The Balaban J connectivity index is 1.58. The number of hydrogen-bond donors (Lipinski definition) is 4. The summed E-state index contributed by atoms with van der Waals surface area (Å²) in [5, 5.41) is 4.87. The van der Waals surface area contributed by atoms with Crippen LogP contribution in [-0.4, -0.2) is 30.2 Å². The Bertz CT molecular complexity index is 831. The maximum Gasteiger partial charge on any atom is 0.327 e. The van der Waals surface area contributed by atoms with Crippen molar-refractivity contribution < 1.29 is 23.6 Å². The van der Waals surface area contributed by atoms with Crippen LogP contribution in [0.1, 0.15) is 17.7 Å². The van der Waals surface area contributed by atoms with Crippen LogP contribution in [0.5, 0.6) is 0 Å². The molecule has 28 heavy (non-hydrogen) atoms.